The lowest BCUT2D eigenvalue weighted by Crippen LogP contribution is -2.51. The first-order valence-corrected chi connectivity index (χ1v) is 12.8. The summed E-state index contributed by atoms with van der Waals surface area (Å²) in [6, 6.07) is 13.8. The molecule has 11 heteroatoms. The molecule has 1 aromatic heterocycles. The van der Waals surface area contributed by atoms with Gasteiger partial charge < -0.3 is 20.4 Å². The Kier molecular flexibility index (Phi) is 5.64. The minimum Gasteiger partial charge on any atom is -0.496 e. The summed E-state index contributed by atoms with van der Waals surface area (Å²) < 4.78 is 21.6. The maximum atomic E-state index is 14.3. The van der Waals surface area contributed by atoms with Crippen molar-refractivity contribution >= 4 is 52.1 Å². The van der Waals surface area contributed by atoms with E-state index in [9.17, 15) is 14.0 Å². The Hall–Kier alpha value is -4.08. The van der Waals surface area contributed by atoms with Gasteiger partial charge in [0.1, 0.15) is 17.4 Å². The second-order valence-electron chi connectivity index (χ2n) is 9.65. The third kappa shape index (κ3) is 3.39. The SMILES string of the molecule is COc1cc(N)ccc1-c1nc2c(n1C(C)C)[C@]1(C(=O)Nc3cc(Cl)ccc31)N(c1ccc(F)c(Cl)c1)C2=O. The van der Waals surface area contributed by atoms with Gasteiger partial charge in [-0.25, -0.2) is 9.37 Å². The second-order valence-corrected chi connectivity index (χ2v) is 10.5. The number of anilines is 3. The molecule has 0 saturated heterocycles. The molecule has 1 atom stereocenters. The summed E-state index contributed by atoms with van der Waals surface area (Å²) in [6.45, 7) is 3.86. The molecule has 0 unspecified atom stereocenters. The molecule has 0 saturated carbocycles. The molecule has 4 aromatic rings. The number of fused-ring (bicyclic) bond motifs is 4. The number of ether oxygens (including phenoxy) is 1. The van der Waals surface area contributed by atoms with Crippen molar-refractivity contribution in [2.24, 2.45) is 0 Å². The van der Waals surface area contributed by atoms with Gasteiger partial charge in [0.15, 0.2) is 11.2 Å². The molecule has 0 radical (unpaired) electrons. The topological polar surface area (TPSA) is 102 Å². The van der Waals surface area contributed by atoms with E-state index >= 15 is 0 Å². The molecule has 8 nitrogen and oxygen atoms in total. The van der Waals surface area contributed by atoms with Crippen LogP contribution in [0.1, 0.15) is 41.6 Å². The van der Waals surface area contributed by atoms with Crippen LogP contribution in [0.25, 0.3) is 11.4 Å². The first-order valence-electron chi connectivity index (χ1n) is 12.1. The van der Waals surface area contributed by atoms with Crippen molar-refractivity contribution in [3.05, 3.63) is 87.4 Å². The van der Waals surface area contributed by atoms with E-state index in [-0.39, 0.29) is 22.4 Å². The molecular weight excluding hydrogens is 544 g/mol. The summed E-state index contributed by atoms with van der Waals surface area (Å²) in [5, 5.41) is 3.12. The maximum Gasteiger partial charge on any atom is 0.280 e. The van der Waals surface area contributed by atoms with Crippen LogP contribution in [0.5, 0.6) is 5.75 Å². The third-order valence-electron chi connectivity index (χ3n) is 7.09. The van der Waals surface area contributed by atoms with Crippen LogP contribution < -0.4 is 20.7 Å². The average molecular weight is 566 g/mol. The predicted octanol–water partition coefficient (Wildman–Crippen LogP) is 6.02. The molecule has 0 fully saturated rings. The number of carbonyl (C=O) groups is 2. The van der Waals surface area contributed by atoms with Gasteiger partial charge in [0.05, 0.1) is 23.4 Å². The Labute approximate surface area is 233 Å². The van der Waals surface area contributed by atoms with Crippen LogP contribution in [0.3, 0.4) is 0 Å². The number of carbonyl (C=O) groups excluding carboxylic acids is 2. The van der Waals surface area contributed by atoms with E-state index in [2.05, 4.69) is 5.32 Å². The Morgan fingerprint density at radius 3 is 2.54 bits per heavy atom. The predicted molar refractivity (Wildman–Crippen MR) is 148 cm³/mol. The van der Waals surface area contributed by atoms with Crippen LogP contribution in [-0.2, 0) is 10.3 Å². The van der Waals surface area contributed by atoms with Gasteiger partial charge in [-0.1, -0.05) is 29.3 Å². The Morgan fingerprint density at radius 2 is 1.85 bits per heavy atom. The first kappa shape index (κ1) is 25.2. The fraction of sp³-hybridized carbons (Fsp3) is 0.179. The largest absolute Gasteiger partial charge is 0.496 e. The lowest BCUT2D eigenvalue weighted by Gasteiger charge is -2.35. The lowest BCUT2D eigenvalue weighted by molar-refractivity contribution is -0.119. The van der Waals surface area contributed by atoms with Gasteiger partial charge in [-0.2, -0.15) is 0 Å². The highest BCUT2D eigenvalue weighted by Gasteiger charge is 2.64. The van der Waals surface area contributed by atoms with Crippen molar-refractivity contribution in [3.8, 4) is 17.1 Å². The average Bonchev–Trinajstić information content (AvgIpc) is 3.49. The molecule has 0 aliphatic carbocycles. The fourth-order valence-corrected chi connectivity index (χ4v) is 5.89. The number of benzene rings is 3. The monoisotopic (exact) mass is 565 g/mol. The van der Waals surface area contributed by atoms with Crippen LogP contribution in [0.2, 0.25) is 10.0 Å². The third-order valence-corrected chi connectivity index (χ3v) is 7.61. The van der Waals surface area contributed by atoms with E-state index in [1.807, 2.05) is 18.4 Å². The summed E-state index contributed by atoms with van der Waals surface area (Å²) in [4.78, 5) is 34.5. The van der Waals surface area contributed by atoms with E-state index in [1.54, 1.807) is 36.4 Å². The number of hydrogen-bond acceptors (Lipinski definition) is 5. The number of aromatic nitrogens is 2. The van der Waals surface area contributed by atoms with Crippen LogP contribution in [0.4, 0.5) is 21.5 Å². The van der Waals surface area contributed by atoms with Crippen molar-refractivity contribution in [1.82, 2.24) is 9.55 Å². The quantitative estimate of drug-likeness (QED) is 0.294. The van der Waals surface area contributed by atoms with Gasteiger partial charge in [0, 0.05) is 39.8 Å². The number of nitrogens with two attached hydrogens (primary N) is 1. The molecule has 6 rings (SSSR count). The molecule has 3 aromatic carbocycles. The summed E-state index contributed by atoms with van der Waals surface area (Å²) >= 11 is 12.4. The van der Waals surface area contributed by atoms with Gasteiger partial charge in [0.2, 0.25) is 0 Å². The van der Waals surface area contributed by atoms with Gasteiger partial charge >= 0.3 is 0 Å². The van der Waals surface area contributed by atoms with Crippen molar-refractivity contribution in [3.63, 3.8) is 0 Å². The number of imidazole rings is 1. The molecular formula is C28H22Cl2FN5O3. The van der Waals surface area contributed by atoms with Gasteiger partial charge in [-0.05, 0) is 56.3 Å². The zero-order valence-electron chi connectivity index (χ0n) is 21.1. The maximum absolute atomic E-state index is 14.3. The summed E-state index contributed by atoms with van der Waals surface area (Å²) in [5.41, 5.74) is 7.06. The van der Waals surface area contributed by atoms with E-state index < -0.39 is 23.2 Å². The van der Waals surface area contributed by atoms with Crippen molar-refractivity contribution in [1.29, 1.82) is 0 Å². The second kappa shape index (κ2) is 8.72. The molecule has 2 amide bonds. The summed E-state index contributed by atoms with van der Waals surface area (Å²) in [6.07, 6.45) is 0. The van der Waals surface area contributed by atoms with Crippen LogP contribution >= 0.6 is 23.2 Å². The molecule has 0 bridgehead atoms. The van der Waals surface area contributed by atoms with Crippen LogP contribution in [-0.4, -0.2) is 28.5 Å². The highest BCUT2D eigenvalue weighted by molar-refractivity contribution is 6.32. The number of methoxy groups -OCH3 is 1. The van der Waals surface area contributed by atoms with Crippen molar-refractivity contribution < 1.29 is 18.7 Å². The standard InChI is InChI=1S/C28H22Cl2FN5O3/c1-13(2)35-24-23(34-25(35)17-7-5-15(32)11-22(17)39-3)26(37)36(16-6-9-20(31)19(30)12-16)28(24)18-8-4-14(29)10-21(18)33-27(28)38/h4-13H,32H2,1-3H3,(H,33,38)/t28-/m1/s1. The molecule has 2 aliphatic heterocycles. The molecule has 198 valence electrons. The molecule has 3 heterocycles. The van der Waals surface area contributed by atoms with E-state index in [0.29, 0.717) is 44.8 Å². The Bertz CT molecular complexity index is 1720. The highest BCUT2D eigenvalue weighted by atomic mass is 35.5. The number of nitrogen functional groups attached to an aromatic ring is 1. The molecule has 3 N–H and O–H groups in total. The normalized spacial score (nSPS) is 17.7. The minimum atomic E-state index is -1.68. The van der Waals surface area contributed by atoms with Gasteiger partial charge in [-0.15, -0.1) is 0 Å². The number of nitrogens with zero attached hydrogens (tertiary/aromatic N) is 3. The molecule has 1 spiro atoms. The Balaban J connectivity index is 1.72. The van der Waals surface area contributed by atoms with Crippen molar-refractivity contribution in [2.75, 3.05) is 23.1 Å². The van der Waals surface area contributed by atoms with E-state index in [1.165, 1.54) is 24.1 Å². The van der Waals surface area contributed by atoms with Gasteiger partial charge in [-0.3, -0.25) is 14.5 Å². The number of halogens is 3. The molecule has 2 aliphatic rings. The number of nitrogens with one attached hydrogen (secondary N) is 1. The molecule has 39 heavy (non-hydrogen) atoms. The highest BCUT2D eigenvalue weighted by Crippen LogP contribution is 2.54. The van der Waals surface area contributed by atoms with E-state index in [0.717, 1.165) is 6.07 Å². The number of hydrogen-bond donors (Lipinski definition) is 2. The van der Waals surface area contributed by atoms with Crippen LogP contribution in [0.15, 0.2) is 54.6 Å². The summed E-state index contributed by atoms with van der Waals surface area (Å²) in [5.74, 6) is -0.770. The first-order chi connectivity index (χ1) is 18.6. The van der Waals surface area contributed by atoms with E-state index in [4.69, 9.17) is 38.7 Å². The zero-order chi connectivity index (χ0) is 27.8. The van der Waals surface area contributed by atoms with Gasteiger partial charge in [0.25, 0.3) is 11.8 Å². The zero-order valence-corrected chi connectivity index (χ0v) is 22.6. The Morgan fingerprint density at radius 1 is 1.08 bits per heavy atom. The lowest BCUT2D eigenvalue weighted by atomic mass is 9.87. The summed E-state index contributed by atoms with van der Waals surface area (Å²) in [7, 11) is 1.52. The fourth-order valence-electron chi connectivity index (χ4n) is 5.54. The number of amides is 2. The van der Waals surface area contributed by atoms with Crippen molar-refractivity contribution in [2.45, 2.75) is 25.4 Å². The number of rotatable bonds is 4. The van der Waals surface area contributed by atoms with Crippen LogP contribution in [0, 0.1) is 5.82 Å². The smallest absolute Gasteiger partial charge is 0.280 e. The minimum absolute atomic E-state index is 0.0796.